The maximum Gasteiger partial charge on any atom is 0.254 e. The number of benzene rings is 1. The van der Waals surface area contributed by atoms with Gasteiger partial charge in [0.1, 0.15) is 11.4 Å². The Morgan fingerprint density at radius 2 is 2.10 bits per heavy atom. The van der Waals surface area contributed by atoms with Gasteiger partial charge in [0.05, 0.1) is 23.7 Å². The largest absolute Gasteiger partial charge is 0.365 e. The summed E-state index contributed by atoms with van der Waals surface area (Å²) in [6.07, 6.45) is 4.16. The topological polar surface area (TPSA) is 118 Å². The number of hydrogen-bond acceptors (Lipinski definition) is 6. The van der Waals surface area contributed by atoms with Gasteiger partial charge in [-0.3, -0.25) is 19.1 Å². The zero-order chi connectivity index (χ0) is 22.0. The molecule has 160 valence electrons. The summed E-state index contributed by atoms with van der Waals surface area (Å²) in [5, 5.41) is 21.7. The molecule has 9 nitrogen and oxygen atoms in total. The van der Waals surface area contributed by atoms with Crippen LogP contribution in [0.4, 0.5) is 15.9 Å². The van der Waals surface area contributed by atoms with Crippen LogP contribution in [0.3, 0.4) is 0 Å². The lowest BCUT2D eigenvalue weighted by Crippen LogP contribution is -2.41. The third-order valence-electron chi connectivity index (χ3n) is 5.43. The van der Waals surface area contributed by atoms with Gasteiger partial charge in [-0.1, -0.05) is 0 Å². The molecule has 3 aromatic rings. The summed E-state index contributed by atoms with van der Waals surface area (Å²) in [6.45, 7) is 2.03. The fraction of sp³-hybridized carbons (Fsp3) is 0.333. The second-order valence-corrected chi connectivity index (χ2v) is 7.68. The number of aromatic nitrogens is 4. The van der Waals surface area contributed by atoms with Crippen LogP contribution in [0.1, 0.15) is 28.5 Å². The van der Waals surface area contributed by atoms with Gasteiger partial charge in [0.25, 0.3) is 5.91 Å². The van der Waals surface area contributed by atoms with Gasteiger partial charge in [-0.05, 0) is 43.3 Å². The minimum absolute atomic E-state index is 0.211. The number of nitrogens with zero attached hydrogens (tertiary/aromatic N) is 6. The molecule has 0 spiro atoms. The number of amides is 1. The summed E-state index contributed by atoms with van der Waals surface area (Å²) in [7, 11) is 1.87. The fourth-order valence-corrected chi connectivity index (χ4v) is 3.84. The number of halogens is 1. The number of carbonyl (C=O) groups is 1. The zero-order valence-corrected chi connectivity index (χ0v) is 17.1. The van der Waals surface area contributed by atoms with Gasteiger partial charge >= 0.3 is 0 Å². The molecule has 3 heterocycles. The molecule has 10 heteroatoms. The molecule has 2 aromatic heterocycles. The third kappa shape index (κ3) is 4.57. The monoisotopic (exact) mass is 422 g/mol. The van der Waals surface area contributed by atoms with Gasteiger partial charge in [-0.2, -0.15) is 15.5 Å². The highest BCUT2D eigenvalue weighted by Crippen LogP contribution is 2.30. The van der Waals surface area contributed by atoms with E-state index in [1.54, 1.807) is 27.7 Å². The number of hydrogen-bond donors (Lipinski definition) is 2. The summed E-state index contributed by atoms with van der Waals surface area (Å²) in [4.78, 5) is 14.2. The van der Waals surface area contributed by atoms with Crippen LogP contribution in [0, 0.1) is 23.1 Å². The molecule has 4 rings (SSSR count). The SMILES string of the molecule is Cn1ccc(CN2CC[C@H](C#N)[C@@H](n3cc(C(N)=O)c(Nc4ccc(F)cc4)n3)C2)n1. The molecule has 3 N–H and O–H groups in total. The van der Waals surface area contributed by atoms with Crippen LogP contribution in [0.2, 0.25) is 0 Å². The molecule has 0 unspecified atom stereocenters. The predicted molar refractivity (Wildman–Crippen MR) is 112 cm³/mol. The number of likely N-dealkylation sites (tertiary alicyclic amines) is 1. The minimum Gasteiger partial charge on any atom is -0.365 e. The van der Waals surface area contributed by atoms with E-state index >= 15 is 0 Å². The molecule has 0 saturated carbocycles. The smallest absolute Gasteiger partial charge is 0.254 e. The Bertz CT molecular complexity index is 1110. The van der Waals surface area contributed by atoms with Crippen LogP contribution in [0.15, 0.2) is 42.7 Å². The first kappa shape index (κ1) is 20.6. The Kier molecular flexibility index (Phi) is 5.68. The number of nitrogens with two attached hydrogens (primary N) is 1. The highest BCUT2D eigenvalue weighted by Gasteiger charge is 2.32. The summed E-state index contributed by atoms with van der Waals surface area (Å²) < 4.78 is 16.6. The van der Waals surface area contributed by atoms with Gasteiger partial charge in [0, 0.05) is 38.2 Å². The van der Waals surface area contributed by atoms with E-state index in [0.717, 1.165) is 12.2 Å². The third-order valence-corrected chi connectivity index (χ3v) is 5.43. The molecule has 1 aliphatic rings. The number of primary amides is 1. The van der Waals surface area contributed by atoms with Gasteiger partial charge in [-0.25, -0.2) is 4.39 Å². The number of anilines is 2. The zero-order valence-electron chi connectivity index (χ0n) is 17.1. The number of piperidine rings is 1. The first-order valence-electron chi connectivity index (χ1n) is 9.95. The van der Waals surface area contributed by atoms with E-state index in [1.165, 1.54) is 12.1 Å². The Balaban J connectivity index is 1.58. The standard InChI is InChI=1S/C21H23FN8O/c1-28-8-7-17(26-28)11-29-9-6-14(10-23)19(13-29)30-12-18(20(24)31)21(27-30)25-16-4-2-15(22)3-5-16/h2-5,7-8,12,14,19H,6,9,11,13H2,1H3,(H2,24,31)(H,25,27)/t14-,19+/m1/s1. The van der Waals surface area contributed by atoms with Crippen molar-refractivity contribution in [1.82, 2.24) is 24.5 Å². The van der Waals surface area contributed by atoms with E-state index in [2.05, 4.69) is 26.5 Å². The molecule has 1 aromatic carbocycles. The molecule has 1 amide bonds. The highest BCUT2D eigenvalue weighted by atomic mass is 19.1. The van der Waals surface area contributed by atoms with Crippen molar-refractivity contribution < 1.29 is 9.18 Å². The van der Waals surface area contributed by atoms with Crippen LogP contribution in [0.25, 0.3) is 0 Å². The molecular weight excluding hydrogens is 399 g/mol. The quantitative estimate of drug-likeness (QED) is 0.629. The molecule has 31 heavy (non-hydrogen) atoms. The van der Waals surface area contributed by atoms with E-state index in [-0.39, 0.29) is 29.2 Å². The molecule has 0 radical (unpaired) electrons. The van der Waals surface area contributed by atoms with Crippen LogP contribution < -0.4 is 11.1 Å². The van der Waals surface area contributed by atoms with E-state index in [0.29, 0.717) is 25.2 Å². The van der Waals surface area contributed by atoms with Crippen LogP contribution in [-0.4, -0.2) is 43.5 Å². The average Bonchev–Trinajstić information content (AvgIpc) is 3.36. The van der Waals surface area contributed by atoms with Gasteiger partial charge in [0.2, 0.25) is 0 Å². The fourth-order valence-electron chi connectivity index (χ4n) is 3.84. The van der Waals surface area contributed by atoms with Gasteiger partial charge < -0.3 is 11.1 Å². The summed E-state index contributed by atoms with van der Waals surface area (Å²) in [5.41, 5.74) is 7.29. The lowest BCUT2D eigenvalue weighted by Gasteiger charge is -2.35. The van der Waals surface area contributed by atoms with Crippen LogP contribution in [-0.2, 0) is 13.6 Å². The molecule has 2 atom stereocenters. The first-order valence-corrected chi connectivity index (χ1v) is 9.95. The molecule has 1 aliphatic heterocycles. The summed E-state index contributed by atoms with van der Waals surface area (Å²) in [6, 6.07) is 9.81. The number of carbonyl (C=O) groups excluding carboxylic acids is 1. The second-order valence-electron chi connectivity index (χ2n) is 7.68. The number of nitrogens with one attached hydrogen (secondary N) is 1. The Morgan fingerprint density at radius 1 is 1.32 bits per heavy atom. The molecular formula is C21H23FN8O. The Hall–Kier alpha value is -3.71. The number of aryl methyl sites for hydroxylation is 1. The number of rotatable bonds is 6. The Labute approximate surface area is 178 Å². The van der Waals surface area contributed by atoms with Crippen molar-refractivity contribution in [3.8, 4) is 6.07 Å². The van der Waals surface area contributed by atoms with E-state index in [9.17, 15) is 14.4 Å². The molecule has 0 bridgehead atoms. The van der Waals surface area contributed by atoms with Crippen molar-refractivity contribution in [3.63, 3.8) is 0 Å². The maximum absolute atomic E-state index is 13.2. The van der Waals surface area contributed by atoms with E-state index < -0.39 is 5.91 Å². The van der Waals surface area contributed by atoms with Crippen molar-refractivity contribution in [2.24, 2.45) is 18.7 Å². The van der Waals surface area contributed by atoms with Gasteiger partial charge in [0.15, 0.2) is 5.82 Å². The molecule has 0 aliphatic carbocycles. The summed E-state index contributed by atoms with van der Waals surface area (Å²) in [5.74, 6) is -0.972. The second kappa shape index (κ2) is 8.57. The normalized spacial score (nSPS) is 19.1. The van der Waals surface area contributed by atoms with Crippen molar-refractivity contribution in [2.75, 3.05) is 18.4 Å². The van der Waals surface area contributed by atoms with Crippen molar-refractivity contribution in [3.05, 3.63) is 59.8 Å². The van der Waals surface area contributed by atoms with Crippen molar-refractivity contribution >= 4 is 17.4 Å². The lowest BCUT2D eigenvalue weighted by molar-refractivity contribution is 0.1000. The first-order chi connectivity index (χ1) is 14.9. The van der Waals surface area contributed by atoms with Crippen LogP contribution >= 0.6 is 0 Å². The molecule has 1 saturated heterocycles. The van der Waals surface area contributed by atoms with Crippen LogP contribution in [0.5, 0.6) is 0 Å². The maximum atomic E-state index is 13.2. The van der Waals surface area contributed by atoms with Crippen molar-refractivity contribution in [1.29, 1.82) is 5.26 Å². The lowest BCUT2D eigenvalue weighted by atomic mass is 9.93. The average molecular weight is 422 g/mol. The predicted octanol–water partition coefficient (Wildman–Crippen LogP) is 2.18. The molecule has 1 fully saturated rings. The van der Waals surface area contributed by atoms with E-state index in [1.807, 2.05) is 19.3 Å². The van der Waals surface area contributed by atoms with E-state index in [4.69, 9.17) is 5.73 Å². The minimum atomic E-state index is -0.634. The number of nitriles is 1. The van der Waals surface area contributed by atoms with Crippen molar-refractivity contribution in [2.45, 2.75) is 19.0 Å². The summed E-state index contributed by atoms with van der Waals surface area (Å²) >= 11 is 0. The Morgan fingerprint density at radius 3 is 2.74 bits per heavy atom. The highest BCUT2D eigenvalue weighted by molar-refractivity contribution is 5.98. The van der Waals surface area contributed by atoms with Gasteiger partial charge in [-0.15, -0.1) is 0 Å².